The molecule has 1 aliphatic rings. The number of oxazole rings is 1. The number of aromatic carboxylic acids is 1. The Kier molecular flexibility index (Phi) is 4.39. The molecule has 0 aliphatic carbocycles. The van der Waals surface area contributed by atoms with Crippen molar-refractivity contribution in [1.82, 2.24) is 9.88 Å². The highest BCUT2D eigenvalue weighted by Crippen LogP contribution is 2.31. The van der Waals surface area contributed by atoms with Crippen LogP contribution in [0.2, 0.25) is 0 Å². The van der Waals surface area contributed by atoms with Crippen molar-refractivity contribution in [2.24, 2.45) is 0 Å². The van der Waals surface area contributed by atoms with Crippen molar-refractivity contribution in [3.63, 3.8) is 0 Å². The van der Waals surface area contributed by atoms with Crippen molar-refractivity contribution < 1.29 is 28.3 Å². The van der Waals surface area contributed by atoms with Gasteiger partial charge in [-0.1, -0.05) is 0 Å². The van der Waals surface area contributed by atoms with Crippen LogP contribution in [0.5, 0.6) is 0 Å². The minimum Gasteiger partial charge on any atom is -0.478 e. The van der Waals surface area contributed by atoms with Gasteiger partial charge in [0, 0.05) is 13.7 Å². The summed E-state index contributed by atoms with van der Waals surface area (Å²) in [6.07, 6.45) is 2.69. The first-order valence-corrected chi connectivity index (χ1v) is 7.60. The van der Waals surface area contributed by atoms with Crippen LogP contribution in [0.1, 0.15) is 57.1 Å². The predicted octanol–water partition coefficient (Wildman–Crippen LogP) is 2.40. The van der Waals surface area contributed by atoms with E-state index < -0.39 is 5.97 Å². The third-order valence-electron chi connectivity index (χ3n) is 3.96. The van der Waals surface area contributed by atoms with Gasteiger partial charge in [-0.3, -0.25) is 4.79 Å². The van der Waals surface area contributed by atoms with Gasteiger partial charge in [0.1, 0.15) is 23.2 Å². The molecule has 0 radical (unpaired) electrons. The maximum atomic E-state index is 12.6. The number of hydrogen-bond donors (Lipinski definition) is 1. The normalized spacial score (nSPS) is 17.2. The lowest BCUT2D eigenvalue weighted by Crippen LogP contribution is -2.27. The maximum Gasteiger partial charge on any atom is 0.339 e. The number of carbonyl (C=O) groups is 2. The fraction of sp³-hybridized carbons (Fsp3) is 0.438. The van der Waals surface area contributed by atoms with E-state index in [1.165, 1.54) is 17.4 Å². The molecule has 3 rings (SSSR count). The predicted molar refractivity (Wildman–Crippen MR) is 80.6 cm³/mol. The Hall–Kier alpha value is -2.61. The molecule has 8 nitrogen and oxygen atoms in total. The van der Waals surface area contributed by atoms with E-state index in [0.717, 1.165) is 12.8 Å². The van der Waals surface area contributed by atoms with Gasteiger partial charge in [0.05, 0.1) is 6.54 Å². The largest absolute Gasteiger partial charge is 0.478 e. The first-order valence-electron chi connectivity index (χ1n) is 7.60. The van der Waals surface area contributed by atoms with Crippen molar-refractivity contribution in [3.05, 3.63) is 41.0 Å². The summed E-state index contributed by atoms with van der Waals surface area (Å²) in [6, 6.07) is 1.42. The van der Waals surface area contributed by atoms with Crippen LogP contribution < -0.4 is 0 Å². The molecule has 0 spiro atoms. The van der Waals surface area contributed by atoms with Gasteiger partial charge >= 0.3 is 5.97 Å². The van der Waals surface area contributed by atoms with Gasteiger partial charge in [-0.05, 0) is 25.8 Å². The number of nitrogens with zero attached hydrogens (tertiary/aromatic N) is 2. The Balaban J connectivity index is 1.74. The van der Waals surface area contributed by atoms with Gasteiger partial charge in [-0.25, -0.2) is 9.78 Å². The van der Waals surface area contributed by atoms with E-state index >= 15 is 0 Å². The SMILES string of the molecule is Cc1oc(CN(C)C(=O)c2ncoc2[C@@H]2CCCO2)cc1C(=O)O. The summed E-state index contributed by atoms with van der Waals surface area (Å²) in [4.78, 5) is 29.1. The quantitative estimate of drug-likeness (QED) is 0.894. The summed E-state index contributed by atoms with van der Waals surface area (Å²) in [5.41, 5.74) is 0.304. The van der Waals surface area contributed by atoms with Gasteiger partial charge < -0.3 is 23.6 Å². The average molecular weight is 334 g/mol. The second-order valence-corrected chi connectivity index (χ2v) is 5.72. The molecule has 0 aromatic carbocycles. The third-order valence-corrected chi connectivity index (χ3v) is 3.96. The number of aromatic nitrogens is 1. The summed E-state index contributed by atoms with van der Waals surface area (Å²) >= 11 is 0. The number of furan rings is 1. The van der Waals surface area contributed by atoms with E-state index in [0.29, 0.717) is 23.9 Å². The van der Waals surface area contributed by atoms with Crippen LogP contribution in [-0.2, 0) is 11.3 Å². The average Bonchev–Trinajstić information content (AvgIpc) is 3.25. The molecule has 8 heteroatoms. The van der Waals surface area contributed by atoms with E-state index in [4.69, 9.17) is 18.7 Å². The van der Waals surface area contributed by atoms with Crippen molar-refractivity contribution in [2.45, 2.75) is 32.4 Å². The maximum absolute atomic E-state index is 12.6. The van der Waals surface area contributed by atoms with Gasteiger partial charge in [0.2, 0.25) is 0 Å². The van der Waals surface area contributed by atoms with E-state index in [1.807, 2.05) is 0 Å². The molecule has 0 unspecified atom stereocenters. The molecular formula is C16H18N2O6. The summed E-state index contributed by atoms with van der Waals surface area (Å²) in [5, 5.41) is 9.05. The zero-order chi connectivity index (χ0) is 17.3. The van der Waals surface area contributed by atoms with Crippen LogP contribution in [0.15, 0.2) is 21.3 Å². The summed E-state index contributed by atoms with van der Waals surface area (Å²) < 4.78 is 16.3. The van der Waals surface area contributed by atoms with Crippen LogP contribution in [0, 0.1) is 6.92 Å². The fourth-order valence-corrected chi connectivity index (χ4v) is 2.75. The minimum atomic E-state index is -1.06. The fourth-order valence-electron chi connectivity index (χ4n) is 2.75. The molecule has 0 saturated carbocycles. The molecule has 1 aliphatic heterocycles. The number of carboxylic acid groups (broad SMARTS) is 1. The molecule has 2 aromatic rings. The first kappa shape index (κ1) is 16.3. The van der Waals surface area contributed by atoms with E-state index in [9.17, 15) is 9.59 Å². The van der Waals surface area contributed by atoms with Crippen molar-refractivity contribution >= 4 is 11.9 Å². The second kappa shape index (κ2) is 6.48. The molecular weight excluding hydrogens is 316 g/mol. The highest BCUT2D eigenvalue weighted by molar-refractivity contribution is 5.93. The monoisotopic (exact) mass is 334 g/mol. The van der Waals surface area contributed by atoms with Gasteiger partial charge in [-0.2, -0.15) is 0 Å². The number of carboxylic acids is 1. The van der Waals surface area contributed by atoms with Crippen LogP contribution >= 0.6 is 0 Å². The molecule has 1 N–H and O–H groups in total. The summed E-state index contributed by atoms with van der Waals surface area (Å²) in [5.74, 6) is -0.261. The Bertz CT molecular complexity index is 756. The summed E-state index contributed by atoms with van der Waals surface area (Å²) in [6.45, 7) is 2.34. The molecule has 0 bridgehead atoms. The highest BCUT2D eigenvalue weighted by atomic mass is 16.5. The lowest BCUT2D eigenvalue weighted by atomic mass is 10.1. The number of ether oxygens (including phenoxy) is 1. The van der Waals surface area contributed by atoms with E-state index in [2.05, 4.69) is 4.98 Å². The minimum absolute atomic E-state index is 0.0901. The van der Waals surface area contributed by atoms with Crippen LogP contribution in [-0.4, -0.2) is 40.5 Å². The van der Waals surface area contributed by atoms with Crippen molar-refractivity contribution in [1.29, 1.82) is 0 Å². The third kappa shape index (κ3) is 3.05. The Morgan fingerprint density at radius 2 is 2.25 bits per heavy atom. The molecule has 1 saturated heterocycles. The van der Waals surface area contributed by atoms with Gasteiger partial charge in [-0.15, -0.1) is 0 Å². The van der Waals surface area contributed by atoms with Crippen LogP contribution in [0.25, 0.3) is 0 Å². The Morgan fingerprint density at radius 3 is 2.88 bits per heavy atom. The molecule has 1 amide bonds. The van der Waals surface area contributed by atoms with Crippen molar-refractivity contribution in [2.75, 3.05) is 13.7 Å². The van der Waals surface area contributed by atoms with Gasteiger partial charge in [0.15, 0.2) is 17.8 Å². The smallest absolute Gasteiger partial charge is 0.339 e. The van der Waals surface area contributed by atoms with Gasteiger partial charge in [0.25, 0.3) is 5.91 Å². The molecule has 1 fully saturated rings. The number of rotatable bonds is 5. The topological polar surface area (TPSA) is 106 Å². The number of amides is 1. The number of aryl methyl sites for hydroxylation is 1. The number of hydrogen-bond acceptors (Lipinski definition) is 6. The van der Waals surface area contributed by atoms with E-state index in [-0.39, 0.29) is 29.8 Å². The standard InChI is InChI=1S/C16H18N2O6/c1-9-11(16(20)21)6-10(24-9)7-18(2)15(19)13-14(23-8-17-13)12-4-3-5-22-12/h6,8,12H,3-5,7H2,1-2H3,(H,20,21)/t12-/m0/s1. The van der Waals surface area contributed by atoms with E-state index in [1.54, 1.807) is 14.0 Å². The lowest BCUT2D eigenvalue weighted by Gasteiger charge is -2.15. The molecule has 128 valence electrons. The molecule has 1 atom stereocenters. The van der Waals surface area contributed by atoms with Crippen molar-refractivity contribution in [3.8, 4) is 0 Å². The highest BCUT2D eigenvalue weighted by Gasteiger charge is 2.29. The second-order valence-electron chi connectivity index (χ2n) is 5.72. The lowest BCUT2D eigenvalue weighted by molar-refractivity contribution is 0.0693. The van der Waals surface area contributed by atoms with Crippen LogP contribution in [0.3, 0.4) is 0 Å². The zero-order valence-corrected chi connectivity index (χ0v) is 13.4. The Labute approximate surface area is 138 Å². The number of carbonyl (C=O) groups excluding carboxylic acids is 1. The molecule has 3 heterocycles. The van der Waals surface area contributed by atoms with Crippen LogP contribution in [0.4, 0.5) is 0 Å². The molecule has 2 aromatic heterocycles. The zero-order valence-electron chi connectivity index (χ0n) is 13.4. The first-order chi connectivity index (χ1) is 11.5. The Morgan fingerprint density at radius 1 is 1.46 bits per heavy atom. The summed E-state index contributed by atoms with van der Waals surface area (Å²) in [7, 11) is 1.59. The molecule has 24 heavy (non-hydrogen) atoms.